The lowest BCUT2D eigenvalue weighted by atomic mass is 9.88. The first kappa shape index (κ1) is 16.4. The summed E-state index contributed by atoms with van der Waals surface area (Å²) in [4.78, 5) is 23.5. The minimum absolute atomic E-state index is 0.112. The molecule has 2 aliphatic rings. The van der Waals surface area contributed by atoms with Crippen molar-refractivity contribution >= 4 is 17.6 Å². The summed E-state index contributed by atoms with van der Waals surface area (Å²) in [6, 6.07) is -0.715. The molecule has 1 saturated heterocycles. The highest BCUT2D eigenvalue weighted by atomic mass is 16.8. The highest BCUT2D eigenvalue weighted by Crippen LogP contribution is 2.37. The van der Waals surface area contributed by atoms with Crippen LogP contribution in [0.25, 0.3) is 0 Å². The SMILES string of the molecule is CCOC(=O)C1=CC(=NO)[C@@H](NC(C)=O)[C@@H]2OC(C)(C)O[C@H]12. The Morgan fingerprint density at radius 3 is 2.68 bits per heavy atom. The van der Waals surface area contributed by atoms with Gasteiger partial charge < -0.3 is 24.7 Å². The molecule has 0 saturated carbocycles. The molecule has 0 radical (unpaired) electrons. The van der Waals surface area contributed by atoms with E-state index in [0.29, 0.717) is 0 Å². The Morgan fingerprint density at radius 2 is 2.14 bits per heavy atom. The second-order valence-electron chi connectivity index (χ2n) is 5.54. The molecule has 0 aromatic carbocycles. The van der Waals surface area contributed by atoms with Crippen LogP contribution in [0.1, 0.15) is 27.7 Å². The molecule has 1 heterocycles. The van der Waals surface area contributed by atoms with Gasteiger partial charge >= 0.3 is 5.97 Å². The van der Waals surface area contributed by atoms with Gasteiger partial charge in [-0.15, -0.1) is 0 Å². The lowest BCUT2D eigenvalue weighted by Crippen LogP contribution is -2.55. The van der Waals surface area contributed by atoms with Gasteiger partial charge in [-0.3, -0.25) is 4.79 Å². The van der Waals surface area contributed by atoms with E-state index in [2.05, 4.69) is 10.5 Å². The number of amides is 1. The molecule has 1 aliphatic heterocycles. The highest BCUT2D eigenvalue weighted by molar-refractivity contribution is 6.08. The number of hydrogen-bond donors (Lipinski definition) is 2. The highest BCUT2D eigenvalue weighted by Gasteiger charge is 2.52. The van der Waals surface area contributed by atoms with E-state index < -0.39 is 30.0 Å². The largest absolute Gasteiger partial charge is 0.463 e. The van der Waals surface area contributed by atoms with Crippen LogP contribution in [0.5, 0.6) is 0 Å². The summed E-state index contributed by atoms with van der Waals surface area (Å²) in [5, 5.41) is 15.0. The van der Waals surface area contributed by atoms with Crippen LogP contribution in [-0.4, -0.2) is 53.4 Å². The second kappa shape index (κ2) is 6.05. The van der Waals surface area contributed by atoms with Crippen LogP contribution in [0.4, 0.5) is 0 Å². The molecule has 3 atom stereocenters. The number of hydrogen-bond acceptors (Lipinski definition) is 7. The van der Waals surface area contributed by atoms with Gasteiger partial charge in [0, 0.05) is 6.92 Å². The standard InChI is InChI=1S/C14H20N2O6/c1-5-20-13(18)8-6-9(16-19)10(15-7(2)17)12-11(8)21-14(3,4)22-12/h6,10-12,19H,5H2,1-4H3,(H,15,17)/t10-,11-,12+/m1/s1. The molecular weight excluding hydrogens is 292 g/mol. The third kappa shape index (κ3) is 3.12. The Bertz CT molecular complexity index is 539. The molecule has 122 valence electrons. The van der Waals surface area contributed by atoms with Crippen LogP contribution < -0.4 is 5.32 Å². The zero-order chi connectivity index (χ0) is 16.5. The van der Waals surface area contributed by atoms with Gasteiger partial charge in [0.05, 0.1) is 12.2 Å². The van der Waals surface area contributed by atoms with Crippen molar-refractivity contribution in [3.8, 4) is 0 Å². The molecule has 1 amide bonds. The maximum atomic E-state index is 12.1. The Kier molecular flexibility index (Phi) is 4.52. The van der Waals surface area contributed by atoms with Crippen molar-refractivity contribution in [2.45, 2.75) is 51.7 Å². The molecule has 0 aromatic rings. The number of esters is 1. The van der Waals surface area contributed by atoms with E-state index in [-0.39, 0.29) is 23.8 Å². The van der Waals surface area contributed by atoms with Crippen molar-refractivity contribution in [1.29, 1.82) is 0 Å². The molecule has 0 unspecified atom stereocenters. The second-order valence-corrected chi connectivity index (χ2v) is 5.54. The lowest BCUT2D eigenvalue weighted by molar-refractivity contribution is -0.149. The summed E-state index contributed by atoms with van der Waals surface area (Å²) < 4.78 is 16.5. The normalized spacial score (nSPS) is 31.4. The summed E-state index contributed by atoms with van der Waals surface area (Å²) in [6.45, 7) is 6.65. The van der Waals surface area contributed by atoms with E-state index in [0.717, 1.165) is 0 Å². The number of nitrogens with one attached hydrogen (secondary N) is 1. The summed E-state index contributed by atoms with van der Waals surface area (Å²) in [5.74, 6) is -1.82. The molecule has 0 aromatic heterocycles. The number of carbonyl (C=O) groups is 2. The zero-order valence-electron chi connectivity index (χ0n) is 13.0. The van der Waals surface area contributed by atoms with Crippen molar-refractivity contribution in [3.05, 3.63) is 11.6 Å². The molecule has 2 rings (SSSR count). The van der Waals surface area contributed by atoms with Gasteiger partial charge in [-0.2, -0.15) is 0 Å². The number of fused-ring (bicyclic) bond motifs is 1. The fourth-order valence-electron chi connectivity index (χ4n) is 2.63. The number of nitrogens with zero attached hydrogens (tertiary/aromatic N) is 1. The fraction of sp³-hybridized carbons (Fsp3) is 0.643. The van der Waals surface area contributed by atoms with Crippen LogP contribution in [0.3, 0.4) is 0 Å². The third-order valence-corrected chi connectivity index (χ3v) is 3.37. The lowest BCUT2D eigenvalue weighted by Gasteiger charge is -2.31. The van der Waals surface area contributed by atoms with Gasteiger partial charge in [-0.1, -0.05) is 5.16 Å². The maximum Gasteiger partial charge on any atom is 0.336 e. The van der Waals surface area contributed by atoms with Crippen molar-refractivity contribution in [2.24, 2.45) is 5.16 Å². The summed E-state index contributed by atoms with van der Waals surface area (Å²) in [7, 11) is 0. The van der Waals surface area contributed by atoms with Crippen LogP contribution in [0, 0.1) is 0 Å². The molecule has 22 heavy (non-hydrogen) atoms. The molecule has 0 spiro atoms. The first-order valence-electron chi connectivity index (χ1n) is 7.02. The Labute approximate surface area is 128 Å². The predicted octanol–water partition coefficient (Wildman–Crippen LogP) is 0.345. The molecular formula is C14H20N2O6. The van der Waals surface area contributed by atoms with Gasteiger partial charge in [0.15, 0.2) is 5.79 Å². The van der Waals surface area contributed by atoms with E-state index >= 15 is 0 Å². The third-order valence-electron chi connectivity index (χ3n) is 3.37. The maximum absolute atomic E-state index is 12.1. The van der Waals surface area contributed by atoms with Crippen molar-refractivity contribution in [1.82, 2.24) is 5.32 Å². The van der Waals surface area contributed by atoms with E-state index in [1.807, 2.05) is 0 Å². The van der Waals surface area contributed by atoms with E-state index in [1.165, 1.54) is 13.0 Å². The molecule has 1 fully saturated rings. The number of oxime groups is 1. The predicted molar refractivity (Wildman–Crippen MR) is 75.4 cm³/mol. The molecule has 8 nitrogen and oxygen atoms in total. The van der Waals surface area contributed by atoms with Gasteiger partial charge in [-0.25, -0.2) is 4.79 Å². The average Bonchev–Trinajstić information content (AvgIpc) is 2.74. The monoisotopic (exact) mass is 312 g/mol. The topological polar surface area (TPSA) is 106 Å². The summed E-state index contributed by atoms with van der Waals surface area (Å²) in [6.07, 6.45) is -0.0320. The fourth-order valence-corrected chi connectivity index (χ4v) is 2.63. The molecule has 0 bridgehead atoms. The summed E-state index contributed by atoms with van der Waals surface area (Å²) in [5.41, 5.74) is 0.313. The smallest absolute Gasteiger partial charge is 0.336 e. The van der Waals surface area contributed by atoms with Crippen LogP contribution >= 0.6 is 0 Å². The average molecular weight is 312 g/mol. The number of rotatable bonds is 3. The van der Waals surface area contributed by atoms with Gasteiger partial charge in [0.2, 0.25) is 5.91 Å². The van der Waals surface area contributed by atoms with Crippen molar-refractivity contribution < 1.29 is 29.0 Å². The zero-order valence-corrected chi connectivity index (χ0v) is 13.0. The first-order chi connectivity index (χ1) is 10.3. The van der Waals surface area contributed by atoms with Crippen molar-refractivity contribution in [3.63, 3.8) is 0 Å². The number of ether oxygens (including phenoxy) is 3. The Balaban J connectivity index is 2.42. The Hall–Kier alpha value is -1.93. The van der Waals surface area contributed by atoms with Crippen LogP contribution in [-0.2, 0) is 23.8 Å². The summed E-state index contributed by atoms with van der Waals surface area (Å²) >= 11 is 0. The molecule has 1 aliphatic carbocycles. The minimum Gasteiger partial charge on any atom is -0.463 e. The first-order valence-corrected chi connectivity index (χ1v) is 7.02. The van der Waals surface area contributed by atoms with Gasteiger partial charge in [-0.05, 0) is 26.8 Å². The van der Waals surface area contributed by atoms with Gasteiger partial charge in [0.25, 0.3) is 0 Å². The van der Waals surface area contributed by atoms with Gasteiger partial charge in [0.1, 0.15) is 24.0 Å². The number of carbonyl (C=O) groups excluding carboxylic acids is 2. The minimum atomic E-state index is -0.942. The van der Waals surface area contributed by atoms with E-state index in [4.69, 9.17) is 14.2 Å². The van der Waals surface area contributed by atoms with E-state index in [1.54, 1.807) is 20.8 Å². The van der Waals surface area contributed by atoms with Crippen molar-refractivity contribution in [2.75, 3.05) is 6.61 Å². The van der Waals surface area contributed by atoms with Crippen LogP contribution in [0.15, 0.2) is 16.8 Å². The van der Waals surface area contributed by atoms with Crippen LogP contribution in [0.2, 0.25) is 0 Å². The molecule has 2 N–H and O–H groups in total. The molecule has 8 heteroatoms. The quantitative estimate of drug-likeness (QED) is 0.442. The van der Waals surface area contributed by atoms with E-state index in [9.17, 15) is 14.8 Å². The Morgan fingerprint density at radius 1 is 1.45 bits per heavy atom.